The van der Waals surface area contributed by atoms with E-state index in [1.165, 1.54) is 0 Å². The molecule has 3 heteroatoms. The second-order valence-corrected chi connectivity index (χ2v) is 5.19. The lowest BCUT2D eigenvalue weighted by molar-refractivity contribution is -0.137. The quantitative estimate of drug-likeness (QED) is 0.845. The van der Waals surface area contributed by atoms with Crippen molar-refractivity contribution in [2.45, 2.75) is 45.4 Å². The topological polar surface area (TPSA) is 57.5 Å². The molecule has 3 nitrogen and oxygen atoms in total. The van der Waals surface area contributed by atoms with Crippen LogP contribution in [0.25, 0.3) is 0 Å². The predicted octanol–water partition coefficient (Wildman–Crippen LogP) is 2.82. The molecule has 0 atom stereocenters. The van der Waals surface area contributed by atoms with Crippen LogP contribution in [0.5, 0.6) is 5.75 Å². The van der Waals surface area contributed by atoms with Crippen molar-refractivity contribution >= 4 is 5.97 Å². The van der Waals surface area contributed by atoms with E-state index in [0.717, 1.165) is 35.1 Å². The maximum atomic E-state index is 10.9. The molecule has 1 aromatic carbocycles. The molecule has 0 heterocycles. The maximum Gasteiger partial charge on any atom is 0.304 e. The van der Waals surface area contributed by atoms with Crippen LogP contribution in [-0.2, 0) is 10.2 Å². The molecule has 1 saturated carbocycles. The molecule has 2 N–H and O–H groups in total. The van der Waals surface area contributed by atoms with Crippen molar-refractivity contribution in [3.05, 3.63) is 28.3 Å². The molecule has 0 radical (unpaired) electrons. The van der Waals surface area contributed by atoms with Gasteiger partial charge in [0.15, 0.2) is 0 Å². The zero-order valence-corrected chi connectivity index (χ0v) is 10.5. The molecule has 1 fully saturated rings. The van der Waals surface area contributed by atoms with Gasteiger partial charge < -0.3 is 10.2 Å². The predicted molar refractivity (Wildman–Crippen MR) is 65.5 cm³/mol. The first-order valence-electron chi connectivity index (χ1n) is 5.89. The number of aromatic hydroxyl groups is 1. The maximum absolute atomic E-state index is 10.9. The van der Waals surface area contributed by atoms with E-state index in [0.29, 0.717) is 5.75 Å². The van der Waals surface area contributed by atoms with Gasteiger partial charge in [0.05, 0.1) is 6.42 Å². The van der Waals surface area contributed by atoms with Crippen LogP contribution in [0.3, 0.4) is 0 Å². The molecule has 1 aliphatic carbocycles. The average molecular weight is 234 g/mol. The Morgan fingerprint density at radius 1 is 1.29 bits per heavy atom. The van der Waals surface area contributed by atoms with Crippen LogP contribution in [-0.4, -0.2) is 16.2 Å². The van der Waals surface area contributed by atoms with Crippen LogP contribution in [0.1, 0.15) is 41.5 Å². The standard InChI is InChI=1S/C14H18O3/c1-8-6-11(9(2)10(3)13(8)17)14(4-5-14)7-12(15)16/h6,17H,4-5,7H2,1-3H3,(H,15,16). The third-order valence-electron chi connectivity index (χ3n) is 3.97. The van der Waals surface area contributed by atoms with E-state index < -0.39 is 5.97 Å². The highest BCUT2D eigenvalue weighted by Crippen LogP contribution is 2.53. The van der Waals surface area contributed by atoms with Gasteiger partial charge in [0.2, 0.25) is 0 Å². The van der Waals surface area contributed by atoms with E-state index in [9.17, 15) is 9.90 Å². The van der Waals surface area contributed by atoms with E-state index in [1.807, 2.05) is 26.8 Å². The lowest BCUT2D eigenvalue weighted by Crippen LogP contribution is -2.15. The number of rotatable bonds is 3. The Bertz CT molecular complexity index is 485. The lowest BCUT2D eigenvalue weighted by Gasteiger charge is -2.20. The van der Waals surface area contributed by atoms with Crippen molar-refractivity contribution in [2.24, 2.45) is 0 Å². The average Bonchev–Trinajstić information content (AvgIpc) is 3.00. The zero-order valence-electron chi connectivity index (χ0n) is 10.5. The third-order valence-corrected chi connectivity index (χ3v) is 3.97. The molecule has 0 amide bonds. The van der Waals surface area contributed by atoms with E-state index in [4.69, 9.17) is 5.11 Å². The molecule has 2 rings (SSSR count). The summed E-state index contributed by atoms with van der Waals surface area (Å²) in [6.07, 6.45) is 2.06. The minimum Gasteiger partial charge on any atom is -0.507 e. The molecule has 0 unspecified atom stereocenters. The Hall–Kier alpha value is -1.51. The highest BCUT2D eigenvalue weighted by molar-refractivity contribution is 5.70. The summed E-state index contributed by atoms with van der Waals surface area (Å²) >= 11 is 0. The van der Waals surface area contributed by atoms with Crippen molar-refractivity contribution in [1.82, 2.24) is 0 Å². The van der Waals surface area contributed by atoms with Gasteiger partial charge in [-0.3, -0.25) is 4.79 Å². The normalized spacial score (nSPS) is 16.9. The molecule has 92 valence electrons. The molecule has 17 heavy (non-hydrogen) atoms. The number of phenolic OH excluding ortho intramolecular Hbond substituents is 1. The number of aryl methyl sites for hydroxylation is 1. The van der Waals surface area contributed by atoms with E-state index in [1.54, 1.807) is 0 Å². The number of hydrogen-bond acceptors (Lipinski definition) is 2. The van der Waals surface area contributed by atoms with Gasteiger partial charge in [-0.1, -0.05) is 6.07 Å². The van der Waals surface area contributed by atoms with Crippen molar-refractivity contribution < 1.29 is 15.0 Å². The van der Waals surface area contributed by atoms with Gasteiger partial charge in [0.25, 0.3) is 0 Å². The first-order chi connectivity index (χ1) is 7.87. The second-order valence-electron chi connectivity index (χ2n) is 5.19. The minimum absolute atomic E-state index is 0.181. The molecular weight excluding hydrogens is 216 g/mol. The Labute approximate surface area is 101 Å². The monoisotopic (exact) mass is 234 g/mol. The fourth-order valence-corrected chi connectivity index (χ4v) is 2.60. The van der Waals surface area contributed by atoms with Gasteiger partial charge >= 0.3 is 5.97 Å². The van der Waals surface area contributed by atoms with Crippen molar-refractivity contribution in [3.8, 4) is 5.75 Å². The summed E-state index contributed by atoms with van der Waals surface area (Å²) in [5.74, 6) is -0.414. The first kappa shape index (κ1) is 12.0. The highest BCUT2D eigenvalue weighted by atomic mass is 16.4. The zero-order chi connectivity index (χ0) is 12.8. The number of carboxylic acids is 1. The summed E-state index contributed by atoms with van der Waals surface area (Å²) in [6, 6.07) is 1.95. The molecule has 0 bridgehead atoms. The summed E-state index contributed by atoms with van der Waals surface area (Å²) in [7, 11) is 0. The highest BCUT2D eigenvalue weighted by Gasteiger charge is 2.47. The minimum atomic E-state index is -0.745. The van der Waals surface area contributed by atoms with E-state index in [2.05, 4.69) is 0 Å². The van der Waals surface area contributed by atoms with Crippen molar-refractivity contribution in [1.29, 1.82) is 0 Å². The first-order valence-corrected chi connectivity index (χ1v) is 5.89. The van der Waals surface area contributed by atoms with Gasteiger partial charge in [-0.05, 0) is 55.9 Å². The number of benzene rings is 1. The Morgan fingerprint density at radius 3 is 2.35 bits per heavy atom. The number of hydrogen-bond donors (Lipinski definition) is 2. The Kier molecular flexibility index (Phi) is 2.64. The van der Waals surface area contributed by atoms with Crippen molar-refractivity contribution in [2.75, 3.05) is 0 Å². The smallest absolute Gasteiger partial charge is 0.304 e. The van der Waals surface area contributed by atoms with Gasteiger partial charge in [0.1, 0.15) is 5.75 Å². The van der Waals surface area contributed by atoms with Crippen LogP contribution < -0.4 is 0 Å². The van der Waals surface area contributed by atoms with E-state index in [-0.39, 0.29) is 11.8 Å². The van der Waals surface area contributed by atoms with Gasteiger partial charge in [-0.2, -0.15) is 0 Å². The summed E-state index contributed by atoms with van der Waals surface area (Å²) in [6.45, 7) is 5.71. The van der Waals surface area contributed by atoms with Crippen LogP contribution >= 0.6 is 0 Å². The molecule has 0 aliphatic heterocycles. The Balaban J connectivity index is 2.50. The van der Waals surface area contributed by atoms with Crippen LogP contribution in [0.15, 0.2) is 6.07 Å². The molecule has 0 aromatic heterocycles. The van der Waals surface area contributed by atoms with Gasteiger partial charge in [-0.25, -0.2) is 0 Å². The largest absolute Gasteiger partial charge is 0.507 e. The fraction of sp³-hybridized carbons (Fsp3) is 0.500. The summed E-state index contributed by atoms with van der Waals surface area (Å²) < 4.78 is 0. The summed E-state index contributed by atoms with van der Waals surface area (Å²) in [5.41, 5.74) is 3.66. The van der Waals surface area contributed by atoms with Gasteiger partial charge in [0, 0.05) is 5.41 Å². The number of phenols is 1. The SMILES string of the molecule is Cc1cc(C2(CC(=O)O)CC2)c(C)c(C)c1O. The number of carboxylic acid groups (broad SMARTS) is 1. The fourth-order valence-electron chi connectivity index (χ4n) is 2.60. The Morgan fingerprint density at radius 2 is 1.88 bits per heavy atom. The van der Waals surface area contributed by atoms with E-state index >= 15 is 0 Å². The lowest BCUT2D eigenvalue weighted by atomic mass is 9.85. The third kappa shape index (κ3) is 1.90. The van der Waals surface area contributed by atoms with Crippen LogP contribution in [0, 0.1) is 20.8 Å². The van der Waals surface area contributed by atoms with Crippen LogP contribution in [0.2, 0.25) is 0 Å². The molecule has 1 aromatic rings. The molecular formula is C14H18O3. The van der Waals surface area contributed by atoms with Gasteiger partial charge in [-0.15, -0.1) is 0 Å². The second kappa shape index (κ2) is 3.76. The number of carbonyl (C=O) groups is 1. The summed E-state index contributed by atoms with van der Waals surface area (Å²) in [5, 5.41) is 18.8. The number of aliphatic carboxylic acids is 1. The van der Waals surface area contributed by atoms with Crippen molar-refractivity contribution in [3.63, 3.8) is 0 Å². The molecule has 0 spiro atoms. The molecule has 0 saturated heterocycles. The molecule has 1 aliphatic rings. The summed E-state index contributed by atoms with van der Waals surface area (Å²) in [4.78, 5) is 10.9. The van der Waals surface area contributed by atoms with Crippen LogP contribution in [0.4, 0.5) is 0 Å².